The molecule has 252 valence electrons. The van der Waals surface area contributed by atoms with Crippen molar-refractivity contribution >= 4 is 11.8 Å². The molecule has 8 heteroatoms. The Hall–Kier alpha value is -4.66. The van der Waals surface area contributed by atoms with Gasteiger partial charge in [0.25, 0.3) is 0 Å². The summed E-state index contributed by atoms with van der Waals surface area (Å²) in [6, 6.07) is 35.7. The largest absolute Gasteiger partial charge is 0.489 e. The number of nitrogens with zero attached hydrogens (tertiary/aromatic N) is 2. The molecule has 48 heavy (non-hydrogen) atoms. The van der Waals surface area contributed by atoms with E-state index in [4.69, 9.17) is 9.47 Å². The molecule has 4 aromatic rings. The monoisotopic (exact) mass is 648 g/mol. The van der Waals surface area contributed by atoms with Crippen molar-refractivity contribution < 1.29 is 19.1 Å². The highest BCUT2D eigenvalue weighted by Crippen LogP contribution is 2.16. The van der Waals surface area contributed by atoms with Crippen LogP contribution in [0.1, 0.15) is 35.1 Å². The molecule has 0 spiro atoms. The lowest BCUT2D eigenvalue weighted by atomic mass is 10.1. The standard InChI is InChI=1S/C40H48N4O4/c45-39(29-33-13-17-37(18-14-33)47-31-35-9-3-1-4-10-35)41-21-7-23-43-25-27-44(28-26-43)24-8-22-42-40(46)30-34-15-19-38(20-16-34)48-32-36-11-5-2-6-12-36/h1-6,9-20H,7-8,21-32H2,(H,41,45)(H,42,46). The van der Waals surface area contributed by atoms with Crippen molar-refractivity contribution in [2.45, 2.75) is 38.9 Å². The fourth-order valence-corrected chi connectivity index (χ4v) is 5.68. The van der Waals surface area contributed by atoms with Crippen molar-refractivity contribution in [2.75, 3.05) is 52.4 Å². The summed E-state index contributed by atoms with van der Waals surface area (Å²) in [4.78, 5) is 29.8. The number of carbonyl (C=O) groups excluding carboxylic acids is 2. The predicted molar refractivity (Wildman–Crippen MR) is 190 cm³/mol. The molecule has 1 fully saturated rings. The molecule has 0 unspecified atom stereocenters. The Morgan fingerprint density at radius 3 is 1.25 bits per heavy atom. The molecule has 1 heterocycles. The lowest BCUT2D eigenvalue weighted by molar-refractivity contribution is -0.121. The number of rotatable bonds is 18. The highest BCUT2D eigenvalue weighted by Gasteiger charge is 2.16. The van der Waals surface area contributed by atoms with Crippen molar-refractivity contribution in [1.82, 2.24) is 20.4 Å². The summed E-state index contributed by atoms with van der Waals surface area (Å²) < 4.78 is 11.7. The number of amides is 2. The molecular formula is C40H48N4O4. The Morgan fingerprint density at radius 1 is 0.500 bits per heavy atom. The minimum atomic E-state index is 0.0481. The van der Waals surface area contributed by atoms with E-state index in [1.165, 1.54) is 0 Å². The van der Waals surface area contributed by atoms with Crippen molar-refractivity contribution in [3.05, 3.63) is 131 Å². The SMILES string of the molecule is O=C(Cc1ccc(OCc2ccccc2)cc1)NCCCN1CCN(CCCNC(=O)Cc2ccc(OCc3ccccc3)cc2)CC1. The zero-order valence-electron chi connectivity index (χ0n) is 27.8. The van der Waals surface area contributed by atoms with E-state index in [0.717, 1.165) is 85.9 Å². The summed E-state index contributed by atoms with van der Waals surface area (Å²) in [6.45, 7) is 8.52. The van der Waals surface area contributed by atoms with Gasteiger partial charge in [0.05, 0.1) is 12.8 Å². The molecule has 0 atom stereocenters. The van der Waals surface area contributed by atoms with Crippen LogP contribution in [0.25, 0.3) is 0 Å². The zero-order chi connectivity index (χ0) is 33.2. The van der Waals surface area contributed by atoms with Crippen LogP contribution in [-0.4, -0.2) is 74.0 Å². The van der Waals surface area contributed by atoms with Gasteiger partial charge in [0.2, 0.25) is 11.8 Å². The molecule has 5 rings (SSSR count). The van der Waals surface area contributed by atoms with E-state index in [1.54, 1.807) is 0 Å². The van der Waals surface area contributed by atoms with Gasteiger partial charge in [-0.1, -0.05) is 84.9 Å². The van der Waals surface area contributed by atoms with Gasteiger partial charge in [-0.3, -0.25) is 9.59 Å². The lowest BCUT2D eigenvalue weighted by Crippen LogP contribution is -2.47. The smallest absolute Gasteiger partial charge is 0.224 e. The number of hydrogen-bond donors (Lipinski definition) is 2. The third-order valence-corrected chi connectivity index (χ3v) is 8.48. The number of ether oxygens (including phenoxy) is 2. The first-order valence-electron chi connectivity index (χ1n) is 17.1. The zero-order valence-corrected chi connectivity index (χ0v) is 27.8. The predicted octanol–water partition coefficient (Wildman–Crippen LogP) is 5.26. The summed E-state index contributed by atoms with van der Waals surface area (Å²) >= 11 is 0. The van der Waals surface area contributed by atoms with Crippen LogP contribution in [0, 0.1) is 0 Å². The van der Waals surface area contributed by atoms with Gasteiger partial charge in [-0.2, -0.15) is 0 Å². The molecular weight excluding hydrogens is 600 g/mol. The lowest BCUT2D eigenvalue weighted by Gasteiger charge is -2.34. The minimum absolute atomic E-state index is 0.0481. The fourth-order valence-electron chi connectivity index (χ4n) is 5.68. The highest BCUT2D eigenvalue weighted by molar-refractivity contribution is 5.79. The van der Waals surface area contributed by atoms with Gasteiger partial charge in [-0.05, 0) is 72.5 Å². The molecule has 8 nitrogen and oxygen atoms in total. The molecule has 0 aromatic heterocycles. The van der Waals surface area contributed by atoms with Crippen LogP contribution in [0.15, 0.2) is 109 Å². The average Bonchev–Trinajstić information content (AvgIpc) is 3.13. The Morgan fingerprint density at radius 2 is 0.875 bits per heavy atom. The number of carbonyl (C=O) groups is 2. The van der Waals surface area contributed by atoms with Gasteiger partial charge in [-0.25, -0.2) is 0 Å². The Balaban J connectivity index is 0.858. The first-order valence-corrected chi connectivity index (χ1v) is 17.1. The maximum atomic E-state index is 12.4. The van der Waals surface area contributed by atoms with E-state index >= 15 is 0 Å². The first-order chi connectivity index (χ1) is 23.6. The van der Waals surface area contributed by atoms with Crippen LogP contribution in [0.4, 0.5) is 0 Å². The van der Waals surface area contributed by atoms with Crippen molar-refractivity contribution in [1.29, 1.82) is 0 Å². The Bertz CT molecular complexity index is 1390. The maximum absolute atomic E-state index is 12.4. The normalized spacial score (nSPS) is 13.5. The third kappa shape index (κ3) is 12.5. The van der Waals surface area contributed by atoms with E-state index < -0.39 is 0 Å². The summed E-state index contributed by atoms with van der Waals surface area (Å²) in [5.41, 5.74) is 4.21. The molecule has 1 saturated heterocycles. The van der Waals surface area contributed by atoms with Crippen LogP contribution in [0.5, 0.6) is 11.5 Å². The van der Waals surface area contributed by atoms with E-state index in [0.29, 0.717) is 39.1 Å². The molecule has 1 aliphatic heterocycles. The molecule has 0 bridgehead atoms. The maximum Gasteiger partial charge on any atom is 0.224 e. The second-order valence-electron chi connectivity index (χ2n) is 12.3. The van der Waals surface area contributed by atoms with Crippen LogP contribution < -0.4 is 20.1 Å². The summed E-state index contributed by atoms with van der Waals surface area (Å²) in [7, 11) is 0. The van der Waals surface area contributed by atoms with Gasteiger partial charge in [0.1, 0.15) is 24.7 Å². The summed E-state index contributed by atoms with van der Waals surface area (Å²) in [5.74, 6) is 1.70. The Labute approximate surface area is 285 Å². The van der Waals surface area contributed by atoms with E-state index in [1.807, 2.05) is 109 Å². The van der Waals surface area contributed by atoms with Crippen LogP contribution in [-0.2, 0) is 35.6 Å². The summed E-state index contributed by atoms with van der Waals surface area (Å²) in [5, 5.41) is 6.13. The first kappa shape index (κ1) is 34.7. The van der Waals surface area contributed by atoms with Crippen molar-refractivity contribution in [3.8, 4) is 11.5 Å². The molecule has 4 aromatic carbocycles. The van der Waals surface area contributed by atoms with E-state index in [9.17, 15) is 9.59 Å². The number of nitrogens with one attached hydrogen (secondary N) is 2. The second kappa shape index (κ2) is 19.2. The molecule has 2 N–H and O–H groups in total. The third-order valence-electron chi connectivity index (χ3n) is 8.48. The number of piperazine rings is 1. The number of hydrogen-bond acceptors (Lipinski definition) is 6. The quantitative estimate of drug-likeness (QED) is 0.143. The van der Waals surface area contributed by atoms with Gasteiger partial charge in [-0.15, -0.1) is 0 Å². The number of benzene rings is 4. The van der Waals surface area contributed by atoms with Crippen LogP contribution in [0.2, 0.25) is 0 Å². The fraction of sp³-hybridized carbons (Fsp3) is 0.350. The molecule has 2 amide bonds. The van der Waals surface area contributed by atoms with Crippen molar-refractivity contribution in [2.24, 2.45) is 0 Å². The Kier molecular flexibility index (Phi) is 13.9. The molecule has 0 saturated carbocycles. The van der Waals surface area contributed by atoms with E-state index in [-0.39, 0.29) is 11.8 Å². The average molecular weight is 649 g/mol. The van der Waals surface area contributed by atoms with Gasteiger partial charge >= 0.3 is 0 Å². The van der Waals surface area contributed by atoms with Crippen LogP contribution in [0.3, 0.4) is 0 Å². The van der Waals surface area contributed by atoms with Gasteiger partial charge < -0.3 is 29.9 Å². The minimum Gasteiger partial charge on any atom is -0.489 e. The van der Waals surface area contributed by atoms with E-state index in [2.05, 4.69) is 20.4 Å². The molecule has 1 aliphatic rings. The molecule has 0 radical (unpaired) electrons. The van der Waals surface area contributed by atoms with Gasteiger partial charge in [0.15, 0.2) is 0 Å². The highest BCUT2D eigenvalue weighted by atomic mass is 16.5. The van der Waals surface area contributed by atoms with Crippen molar-refractivity contribution in [3.63, 3.8) is 0 Å². The van der Waals surface area contributed by atoms with Gasteiger partial charge in [0, 0.05) is 39.3 Å². The topological polar surface area (TPSA) is 83.1 Å². The summed E-state index contributed by atoms with van der Waals surface area (Å²) in [6.07, 6.45) is 2.62. The second-order valence-corrected chi connectivity index (χ2v) is 12.3. The molecule has 0 aliphatic carbocycles. The van der Waals surface area contributed by atoms with Crippen LogP contribution >= 0.6 is 0 Å².